The normalized spacial score (nSPS) is 11.1. The topological polar surface area (TPSA) is 38.7 Å². The van der Waals surface area contributed by atoms with E-state index in [2.05, 4.69) is 119 Å². The maximum absolute atomic E-state index is 16.3. The Labute approximate surface area is 384 Å². The van der Waals surface area contributed by atoms with Gasteiger partial charge in [0.05, 0.1) is 17.1 Å². The minimum absolute atomic E-state index is 0.362. The van der Waals surface area contributed by atoms with Gasteiger partial charge in [0.15, 0.2) is 0 Å². The van der Waals surface area contributed by atoms with Crippen LogP contribution in [0.5, 0.6) is 0 Å². The third-order valence-corrected chi connectivity index (χ3v) is 12.2. The van der Waals surface area contributed by atoms with E-state index in [1.165, 1.54) is 22.8 Å². The number of nitrogens with zero attached hydrogens (tertiary/aromatic N) is 3. The molecular weight excluding hydrogens is 813 g/mol. The van der Waals surface area contributed by atoms with E-state index in [-0.39, 0.29) is 0 Å². The third kappa shape index (κ3) is 9.67. The number of pyridine rings is 3. The summed E-state index contributed by atoms with van der Waals surface area (Å²) in [6.07, 6.45) is 8.56. The fourth-order valence-electron chi connectivity index (χ4n) is 8.69. The lowest BCUT2D eigenvalue weighted by Crippen LogP contribution is -1.99. The van der Waals surface area contributed by atoms with Crippen LogP contribution in [0.25, 0.3) is 78.3 Å². The Hall–Kier alpha value is -8.15. The first kappa shape index (κ1) is 41.8. The maximum Gasteiger partial charge on any atom is 0.134 e. The number of aryl methyl sites for hydroxylation is 4. The molecule has 0 atom stereocenters. The molecule has 66 heavy (non-hydrogen) atoms. The van der Waals surface area contributed by atoms with E-state index in [1.54, 1.807) is 12.4 Å². The zero-order valence-corrected chi connectivity index (χ0v) is 36.3. The minimum atomic E-state index is -0.617. The number of aromatic nitrogens is 3. The minimum Gasteiger partial charge on any atom is -0.256 e. The van der Waals surface area contributed by atoms with Gasteiger partial charge in [-0.05, 0) is 129 Å². The van der Waals surface area contributed by atoms with Crippen molar-refractivity contribution in [2.75, 3.05) is 0 Å². The molecule has 0 bridgehead atoms. The van der Waals surface area contributed by atoms with Gasteiger partial charge in [-0.2, -0.15) is 0 Å². The van der Waals surface area contributed by atoms with Crippen LogP contribution < -0.4 is 0 Å². The van der Waals surface area contributed by atoms with Crippen molar-refractivity contribution >= 4 is 0 Å². The highest BCUT2D eigenvalue weighted by Gasteiger charge is 2.18. The van der Waals surface area contributed by atoms with Crippen LogP contribution in [0.3, 0.4) is 0 Å². The van der Waals surface area contributed by atoms with E-state index in [1.807, 2.05) is 91.1 Å². The largest absolute Gasteiger partial charge is 0.256 e. The van der Waals surface area contributed by atoms with Gasteiger partial charge in [0.25, 0.3) is 0 Å². The lowest BCUT2D eigenvalue weighted by atomic mass is 9.89. The molecule has 0 N–H and O–H groups in total. The van der Waals surface area contributed by atoms with Gasteiger partial charge < -0.3 is 0 Å². The highest BCUT2D eigenvalue weighted by molar-refractivity contribution is 5.85. The molecule has 0 unspecified atom stereocenters. The first-order valence-corrected chi connectivity index (χ1v) is 22.3. The van der Waals surface area contributed by atoms with Crippen LogP contribution in [0.4, 0.5) is 8.78 Å². The third-order valence-electron chi connectivity index (χ3n) is 12.2. The molecule has 0 saturated carbocycles. The molecule has 318 valence electrons. The molecule has 0 saturated heterocycles. The first-order valence-electron chi connectivity index (χ1n) is 22.3. The van der Waals surface area contributed by atoms with Crippen LogP contribution in [0.2, 0.25) is 0 Å². The molecule has 0 aliphatic carbocycles. The average molecular weight is 858 g/mol. The van der Waals surface area contributed by atoms with Crippen molar-refractivity contribution < 1.29 is 8.78 Å². The van der Waals surface area contributed by atoms with Crippen molar-refractivity contribution in [1.82, 2.24) is 15.0 Å². The molecule has 0 aliphatic heterocycles. The molecule has 3 heterocycles. The predicted octanol–water partition coefficient (Wildman–Crippen LogP) is 15.4. The molecule has 10 rings (SSSR count). The molecule has 3 nitrogen and oxygen atoms in total. The highest BCUT2D eigenvalue weighted by Crippen LogP contribution is 2.38. The van der Waals surface area contributed by atoms with Crippen molar-refractivity contribution in [3.05, 3.63) is 259 Å². The van der Waals surface area contributed by atoms with Crippen LogP contribution >= 0.6 is 0 Å². The van der Waals surface area contributed by atoms with Gasteiger partial charge in [0.2, 0.25) is 0 Å². The lowest BCUT2D eigenvalue weighted by molar-refractivity contribution is 0.586. The number of hydrogen-bond acceptors (Lipinski definition) is 3. The zero-order chi connectivity index (χ0) is 44.7. The Morgan fingerprint density at radius 2 is 0.742 bits per heavy atom. The van der Waals surface area contributed by atoms with Crippen molar-refractivity contribution in [1.29, 1.82) is 0 Å². The fourth-order valence-corrected chi connectivity index (χ4v) is 8.69. The molecule has 0 radical (unpaired) electrons. The average Bonchev–Trinajstić information content (AvgIpc) is 3.38. The van der Waals surface area contributed by atoms with Crippen LogP contribution in [0.1, 0.15) is 22.3 Å². The molecule has 0 aliphatic rings. The highest BCUT2D eigenvalue weighted by atomic mass is 19.1. The number of halogens is 2. The zero-order valence-electron chi connectivity index (χ0n) is 36.3. The SMILES string of the molecule is Fc1cc(F)c(-c2ccc(-c3cc(-c4ccc(-c5ccccc5)cc4)ccn3)cc2)c(-c2cc(CCc3ccc(-c4ccccn4)cc3)cc(CCc3ccc(-c4ccccn4)cc3)c2)c1. The second-order valence-corrected chi connectivity index (χ2v) is 16.6. The van der Waals surface area contributed by atoms with Crippen molar-refractivity contribution in [2.24, 2.45) is 0 Å². The first-order chi connectivity index (χ1) is 32.5. The molecule has 3 aromatic heterocycles. The van der Waals surface area contributed by atoms with Gasteiger partial charge >= 0.3 is 0 Å². The maximum atomic E-state index is 16.3. The lowest BCUT2D eigenvalue weighted by Gasteiger charge is -2.16. The Bertz CT molecular complexity index is 3100. The summed E-state index contributed by atoms with van der Waals surface area (Å²) in [5, 5.41) is 0. The molecule has 0 fully saturated rings. The van der Waals surface area contributed by atoms with Gasteiger partial charge in [-0.25, -0.2) is 8.78 Å². The van der Waals surface area contributed by atoms with Crippen LogP contribution in [0, 0.1) is 11.6 Å². The van der Waals surface area contributed by atoms with Gasteiger partial charge in [-0.15, -0.1) is 0 Å². The van der Waals surface area contributed by atoms with E-state index in [0.29, 0.717) is 16.7 Å². The molecule has 0 spiro atoms. The summed E-state index contributed by atoms with van der Waals surface area (Å²) >= 11 is 0. The smallest absolute Gasteiger partial charge is 0.134 e. The molecule has 0 amide bonds. The van der Waals surface area contributed by atoms with Gasteiger partial charge in [0.1, 0.15) is 11.6 Å². The van der Waals surface area contributed by atoms with E-state index in [0.717, 1.165) is 98.9 Å². The Balaban J connectivity index is 0.940. The summed E-state index contributed by atoms with van der Waals surface area (Å²) in [7, 11) is 0. The second kappa shape index (κ2) is 19.3. The Kier molecular flexibility index (Phi) is 12.2. The van der Waals surface area contributed by atoms with E-state index >= 15 is 8.78 Å². The summed E-state index contributed by atoms with van der Waals surface area (Å²) in [4.78, 5) is 13.7. The standard InChI is InChI=1S/C61H45F2N3/c62-55-40-56(61(57(63)41-55)52-30-28-51(29-31-52)60-39-53(32-35-66-60)48-26-24-47(25-27-48)46-8-2-1-3-9-46)54-37-44(14-12-42-16-20-49(21-17-42)58-10-4-6-33-64-58)36-45(38-54)15-13-43-18-22-50(23-19-43)59-11-5-7-34-65-59/h1-11,16-41H,12-15H2. The summed E-state index contributed by atoms with van der Waals surface area (Å²) < 4.78 is 31.6. The van der Waals surface area contributed by atoms with Crippen molar-refractivity contribution in [3.8, 4) is 78.3 Å². The summed E-state index contributed by atoms with van der Waals surface area (Å²) in [6.45, 7) is 0. The molecule has 10 aromatic rings. The number of hydrogen-bond donors (Lipinski definition) is 0. The van der Waals surface area contributed by atoms with E-state index in [9.17, 15) is 0 Å². The fraction of sp³-hybridized carbons (Fsp3) is 0.0656. The van der Waals surface area contributed by atoms with Crippen molar-refractivity contribution in [3.63, 3.8) is 0 Å². The van der Waals surface area contributed by atoms with Crippen LogP contribution in [-0.2, 0) is 25.7 Å². The second-order valence-electron chi connectivity index (χ2n) is 16.6. The van der Waals surface area contributed by atoms with Gasteiger partial charge in [0, 0.05) is 46.9 Å². The van der Waals surface area contributed by atoms with Crippen LogP contribution in [-0.4, -0.2) is 15.0 Å². The summed E-state index contributed by atoms with van der Waals surface area (Å²) in [6, 6.07) is 68.5. The Morgan fingerprint density at radius 1 is 0.288 bits per heavy atom. The quantitative estimate of drug-likeness (QED) is 0.116. The summed E-state index contributed by atoms with van der Waals surface area (Å²) in [5.41, 5.74) is 17.1. The van der Waals surface area contributed by atoms with Gasteiger partial charge in [-0.3, -0.25) is 15.0 Å². The van der Waals surface area contributed by atoms with Crippen LogP contribution in [0.15, 0.2) is 225 Å². The number of benzene rings is 7. The van der Waals surface area contributed by atoms with E-state index in [4.69, 9.17) is 4.98 Å². The molecular formula is C61H45F2N3. The molecule has 7 aromatic carbocycles. The monoisotopic (exact) mass is 857 g/mol. The summed E-state index contributed by atoms with van der Waals surface area (Å²) in [5.74, 6) is -1.22. The predicted molar refractivity (Wildman–Crippen MR) is 265 cm³/mol. The van der Waals surface area contributed by atoms with E-state index < -0.39 is 11.6 Å². The Morgan fingerprint density at radius 3 is 1.30 bits per heavy atom. The van der Waals surface area contributed by atoms with Gasteiger partial charge in [-0.1, -0.05) is 158 Å². The number of rotatable bonds is 13. The van der Waals surface area contributed by atoms with Crippen molar-refractivity contribution in [2.45, 2.75) is 25.7 Å². The molecule has 5 heteroatoms.